The van der Waals surface area contributed by atoms with Gasteiger partial charge in [-0.15, -0.1) is 0 Å². The Hall–Kier alpha value is -0.920. The fourth-order valence-corrected chi connectivity index (χ4v) is 3.89. The molecular weight excluding hydrogens is 264 g/mol. The minimum atomic E-state index is -3.45. The van der Waals surface area contributed by atoms with Crippen LogP contribution in [0.15, 0.2) is 5.03 Å². The maximum atomic E-state index is 12.5. The highest BCUT2D eigenvalue weighted by Crippen LogP contribution is 2.23. The average Bonchev–Trinajstić information content (AvgIpc) is 2.95. The van der Waals surface area contributed by atoms with Crippen LogP contribution in [0.25, 0.3) is 0 Å². The molecule has 6 nitrogen and oxygen atoms in total. The van der Waals surface area contributed by atoms with E-state index in [-0.39, 0.29) is 5.03 Å². The van der Waals surface area contributed by atoms with Gasteiger partial charge in [0.05, 0.1) is 0 Å². The predicted molar refractivity (Wildman–Crippen MR) is 73.3 cm³/mol. The molecule has 108 valence electrons. The molecule has 1 aromatic rings. The first-order chi connectivity index (χ1) is 8.93. The van der Waals surface area contributed by atoms with Crippen molar-refractivity contribution >= 4 is 10.0 Å². The summed E-state index contributed by atoms with van der Waals surface area (Å²) in [5.41, 5.74) is 1.56. The Morgan fingerprint density at radius 2 is 2.00 bits per heavy atom. The summed E-state index contributed by atoms with van der Waals surface area (Å²) in [6, 6.07) is 0.302. The van der Waals surface area contributed by atoms with E-state index in [0.717, 1.165) is 24.1 Å². The Labute approximate surface area is 114 Å². The number of aromatic amines is 1. The van der Waals surface area contributed by atoms with E-state index in [2.05, 4.69) is 15.5 Å². The second kappa shape index (κ2) is 5.60. The van der Waals surface area contributed by atoms with Crippen molar-refractivity contribution in [3.63, 3.8) is 0 Å². The van der Waals surface area contributed by atoms with Crippen LogP contribution in [0.4, 0.5) is 0 Å². The minimum absolute atomic E-state index is 0.181. The van der Waals surface area contributed by atoms with Crippen LogP contribution in [-0.4, -0.2) is 42.1 Å². The van der Waals surface area contributed by atoms with E-state index in [1.165, 1.54) is 4.31 Å². The number of aromatic nitrogens is 2. The molecule has 7 heteroatoms. The molecule has 0 unspecified atom stereocenters. The lowest BCUT2D eigenvalue weighted by Crippen LogP contribution is -2.30. The Balaban J connectivity index is 2.29. The van der Waals surface area contributed by atoms with Crippen molar-refractivity contribution in [2.45, 2.75) is 51.2 Å². The van der Waals surface area contributed by atoms with Crippen molar-refractivity contribution in [2.75, 3.05) is 13.1 Å². The monoisotopic (exact) mass is 286 g/mol. The van der Waals surface area contributed by atoms with Crippen molar-refractivity contribution in [1.29, 1.82) is 0 Å². The van der Waals surface area contributed by atoms with Crippen LogP contribution in [0, 0.1) is 6.92 Å². The minimum Gasteiger partial charge on any atom is -0.310 e. The lowest BCUT2D eigenvalue weighted by atomic mass is 10.2. The quantitative estimate of drug-likeness (QED) is 0.846. The van der Waals surface area contributed by atoms with Crippen LogP contribution in [0.3, 0.4) is 0 Å². The molecule has 19 heavy (non-hydrogen) atoms. The molecule has 2 heterocycles. The molecule has 0 spiro atoms. The topological polar surface area (TPSA) is 78.1 Å². The van der Waals surface area contributed by atoms with Gasteiger partial charge in [0.25, 0.3) is 10.0 Å². The Bertz CT molecular complexity index is 530. The van der Waals surface area contributed by atoms with Crippen LogP contribution in [0.2, 0.25) is 0 Å². The Morgan fingerprint density at radius 1 is 1.37 bits per heavy atom. The third-order valence-electron chi connectivity index (χ3n) is 3.37. The second-order valence-electron chi connectivity index (χ2n) is 5.28. The summed E-state index contributed by atoms with van der Waals surface area (Å²) in [6.45, 7) is 7.64. The van der Waals surface area contributed by atoms with Gasteiger partial charge in [0, 0.05) is 36.9 Å². The van der Waals surface area contributed by atoms with Crippen molar-refractivity contribution in [3.8, 4) is 0 Å². The number of nitrogens with zero attached hydrogens (tertiary/aromatic N) is 2. The molecule has 2 N–H and O–H groups in total. The van der Waals surface area contributed by atoms with Crippen LogP contribution in [0.1, 0.15) is 37.9 Å². The normalized spacial score (nSPS) is 17.5. The summed E-state index contributed by atoms with van der Waals surface area (Å²) in [5.74, 6) is 0. The van der Waals surface area contributed by atoms with Gasteiger partial charge in [-0.2, -0.15) is 9.40 Å². The molecule has 0 amide bonds. The van der Waals surface area contributed by atoms with Gasteiger partial charge in [0.2, 0.25) is 0 Å². The van der Waals surface area contributed by atoms with E-state index < -0.39 is 10.0 Å². The molecule has 1 aliphatic heterocycles. The third kappa shape index (κ3) is 2.98. The van der Waals surface area contributed by atoms with Crippen molar-refractivity contribution in [2.24, 2.45) is 0 Å². The van der Waals surface area contributed by atoms with Crippen molar-refractivity contribution in [1.82, 2.24) is 19.8 Å². The fourth-order valence-electron chi connectivity index (χ4n) is 2.21. The SMILES string of the molecule is Cc1[nH]nc(S(=O)(=O)N2CCCC2)c1CNC(C)C. The van der Waals surface area contributed by atoms with Crippen LogP contribution < -0.4 is 5.32 Å². The molecule has 2 rings (SSSR count). The molecule has 1 aromatic heterocycles. The van der Waals surface area contributed by atoms with Gasteiger partial charge in [-0.1, -0.05) is 13.8 Å². The molecule has 0 aliphatic carbocycles. The summed E-state index contributed by atoms with van der Waals surface area (Å²) < 4.78 is 26.6. The smallest absolute Gasteiger partial charge is 0.262 e. The number of hydrogen-bond donors (Lipinski definition) is 2. The molecule has 0 radical (unpaired) electrons. The first kappa shape index (κ1) is 14.5. The molecule has 0 aromatic carbocycles. The molecule has 1 fully saturated rings. The average molecular weight is 286 g/mol. The van der Waals surface area contributed by atoms with E-state index in [1.54, 1.807) is 0 Å². The zero-order valence-corrected chi connectivity index (χ0v) is 12.5. The summed E-state index contributed by atoms with van der Waals surface area (Å²) in [7, 11) is -3.45. The van der Waals surface area contributed by atoms with Gasteiger partial charge in [-0.25, -0.2) is 8.42 Å². The first-order valence-corrected chi connectivity index (χ1v) is 8.14. The molecule has 0 bridgehead atoms. The number of aryl methyl sites for hydroxylation is 1. The first-order valence-electron chi connectivity index (χ1n) is 6.70. The lowest BCUT2D eigenvalue weighted by molar-refractivity contribution is 0.472. The lowest BCUT2D eigenvalue weighted by Gasteiger charge is -2.15. The summed E-state index contributed by atoms with van der Waals surface area (Å²) in [5, 5.41) is 10.2. The fraction of sp³-hybridized carbons (Fsp3) is 0.750. The second-order valence-corrected chi connectivity index (χ2v) is 7.13. The maximum absolute atomic E-state index is 12.5. The summed E-state index contributed by atoms with van der Waals surface area (Å²) >= 11 is 0. The number of sulfonamides is 1. The van der Waals surface area contributed by atoms with Crippen molar-refractivity contribution < 1.29 is 8.42 Å². The zero-order chi connectivity index (χ0) is 14.0. The van der Waals surface area contributed by atoms with Gasteiger partial charge < -0.3 is 5.32 Å². The van der Waals surface area contributed by atoms with E-state index in [0.29, 0.717) is 25.7 Å². The van der Waals surface area contributed by atoms with Crippen LogP contribution in [0.5, 0.6) is 0 Å². The van der Waals surface area contributed by atoms with E-state index in [4.69, 9.17) is 0 Å². The van der Waals surface area contributed by atoms with Gasteiger partial charge in [0.1, 0.15) is 0 Å². The van der Waals surface area contributed by atoms with Crippen LogP contribution in [-0.2, 0) is 16.6 Å². The van der Waals surface area contributed by atoms with Gasteiger partial charge in [0.15, 0.2) is 5.03 Å². The Morgan fingerprint density at radius 3 is 2.58 bits per heavy atom. The zero-order valence-electron chi connectivity index (χ0n) is 11.7. The third-order valence-corrected chi connectivity index (χ3v) is 5.24. The van der Waals surface area contributed by atoms with Crippen molar-refractivity contribution in [3.05, 3.63) is 11.3 Å². The highest BCUT2D eigenvalue weighted by Gasteiger charge is 2.32. The van der Waals surface area contributed by atoms with Crippen LogP contribution >= 0.6 is 0 Å². The maximum Gasteiger partial charge on any atom is 0.262 e. The Kier molecular flexibility index (Phi) is 4.27. The summed E-state index contributed by atoms with van der Waals surface area (Å²) in [6.07, 6.45) is 1.87. The molecule has 0 atom stereocenters. The number of hydrogen-bond acceptors (Lipinski definition) is 4. The standard InChI is InChI=1S/C12H22N4O2S/c1-9(2)13-8-11-10(3)14-15-12(11)19(17,18)16-6-4-5-7-16/h9,13H,4-8H2,1-3H3,(H,14,15). The molecule has 0 saturated carbocycles. The highest BCUT2D eigenvalue weighted by atomic mass is 32.2. The number of rotatable bonds is 5. The van der Waals surface area contributed by atoms with Gasteiger partial charge in [-0.3, -0.25) is 5.10 Å². The largest absolute Gasteiger partial charge is 0.310 e. The number of nitrogens with one attached hydrogen (secondary N) is 2. The van der Waals surface area contributed by atoms with E-state index >= 15 is 0 Å². The molecule has 1 aliphatic rings. The predicted octanol–water partition coefficient (Wildman–Crippen LogP) is 1.00. The molecular formula is C12H22N4O2S. The van der Waals surface area contributed by atoms with E-state index in [1.807, 2.05) is 20.8 Å². The van der Waals surface area contributed by atoms with E-state index in [9.17, 15) is 8.42 Å². The molecule has 1 saturated heterocycles. The summed E-state index contributed by atoms with van der Waals surface area (Å²) in [4.78, 5) is 0. The number of H-pyrrole nitrogens is 1. The van der Waals surface area contributed by atoms with Gasteiger partial charge >= 0.3 is 0 Å². The van der Waals surface area contributed by atoms with Gasteiger partial charge in [-0.05, 0) is 19.8 Å². The highest BCUT2D eigenvalue weighted by molar-refractivity contribution is 7.89.